The van der Waals surface area contributed by atoms with Gasteiger partial charge in [0.15, 0.2) is 0 Å². The Balaban J connectivity index is 2.10. The van der Waals surface area contributed by atoms with Gasteiger partial charge in [-0.25, -0.2) is 9.97 Å². The molecule has 0 aliphatic carbocycles. The number of aliphatic hydroxyl groups is 2. The SMILES string of the molecule is CN(CCO)C[C@@H]1CN(c2nccc(C(F)(F)F)n2)C[C@@H]1CO. The highest BCUT2D eigenvalue weighted by Crippen LogP contribution is 2.30. The van der Waals surface area contributed by atoms with E-state index in [2.05, 4.69) is 9.97 Å². The van der Waals surface area contributed by atoms with E-state index in [4.69, 9.17) is 5.11 Å². The second kappa shape index (κ2) is 7.41. The summed E-state index contributed by atoms with van der Waals surface area (Å²) in [6.45, 7) is 2.02. The second-order valence-electron chi connectivity index (χ2n) is 5.83. The van der Waals surface area contributed by atoms with E-state index in [9.17, 15) is 18.3 Å². The number of halogens is 3. The zero-order valence-corrected chi connectivity index (χ0v) is 12.9. The number of nitrogens with zero attached hydrogens (tertiary/aromatic N) is 4. The van der Waals surface area contributed by atoms with E-state index in [0.717, 1.165) is 12.3 Å². The molecule has 0 radical (unpaired) electrons. The van der Waals surface area contributed by atoms with Crippen molar-refractivity contribution in [3.8, 4) is 0 Å². The predicted molar refractivity (Wildman–Crippen MR) is 77.9 cm³/mol. The first kappa shape index (κ1) is 17.9. The van der Waals surface area contributed by atoms with Crippen LogP contribution in [0.15, 0.2) is 12.3 Å². The minimum Gasteiger partial charge on any atom is -0.396 e. The van der Waals surface area contributed by atoms with E-state index >= 15 is 0 Å². The van der Waals surface area contributed by atoms with E-state index in [-0.39, 0.29) is 31.0 Å². The van der Waals surface area contributed by atoms with Crippen LogP contribution >= 0.6 is 0 Å². The Kier molecular flexibility index (Phi) is 5.77. The Hall–Kier alpha value is -1.45. The minimum atomic E-state index is -4.51. The number of alkyl halides is 3. The summed E-state index contributed by atoms with van der Waals surface area (Å²) >= 11 is 0. The summed E-state index contributed by atoms with van der Waals surface area (Å²) in [5, 5.41) is 18.5. The van der Waals surface area contributed by atoms with E-state index in [1.165, 1.54) is 0 Å². The molecule has 1 saturated heterocycles. The van der Waals surface area contributed by atoms with Crippen molar-refractivity contribution >= 4 is 5.95 Å². The molecule has 6 nitrogen and oxygen atoms in total. The summed E-state index contributed by atoms with van der Waals surface area (Å²) in [6.07, 6.45) is -3.40. The lowest BCUT2D eigenvalue weighted by Crippen LogP contribution is -2.33. The number of aliphatic hydroxyl groups excluding tert-OH is 2. The van der Waals surface area contributed by atoms with Gasteiger partial charge in [-0.1, -0.05) is 0 Å². The van der Waals surface area contributed by atoms with Crippen molar-refractivity contribution in [3.63, 3.8) is 0 Å². The highest BCUT2D eigenvalue weighted by molar-refractivity contribution is 5.33. The molecule has 2 N–H and O–H groups in total. The van der Waals surface area contributed by atoms with Crippen LogP contribution in [0.4, 0.5) is 19.1 Å². The molecule has 0 aromatic carbocycles. The summed E-state index contributed by atoms with van der Waals surface area (Å²) in [5.74, 6) is 0.0505. The molecule has 9 heteroatoms. The van der Waals surface area contributed by atoms with E-state index in [0.29, 0.717) is 26.2 Å². The van der Waals surface area contributed by atoms with Gasteiger partial charge in [-0.05, 0) is 19.0 Å². The zero-order chi connectivity index (χ0) is 17.0. The van der Waals surface area contributed by atoms with Crippen LogP contribution in [0.25, 0.3) is 0 Å². The standard InChI is InChI=1S/C14H21F3N4O2/c1-20(4-5-22)6-10-7-21(8-11(10)9-23)13-18-3-2-12(19-13)14(15,16)17/h2-3,10-11,22-23H,4-9H2,1H3/t10-,11-/m1/s1. The van der Waals surface area contributed by atoms with Crippen molar-refractivity contribution in [2.75, 3.05) is 51.3 Å². The van der Waals surface area contributed by atoms with E-state index in [1.807, 2.05) is 11.9 Å². The quantitative estimate of drug-likeness (QED) is 0.788. The third-order valence-corrected chi connectivity index (χ3v) is 4.06. The molecule has 130 valence electrons. The average molecular weight is 334 g/mol. The average Bonchev–Trinajstić information content (AvgIpc) is 2.89. The van der Waals surface area contributed by atoms with Crippen molar-refractivity contribution in [2.24, 2.45) is 11.8 Å². The van der Waals surface area contributed by atoms with Crippen molar-refractivity contribution in [1.82, 2.24) is 14.9 Å². The number of aromatic nitrogens is 2. The first-order valence-electron chi connectivity index (χ1n) is 7.40. The summed E-state index contributed by atoms with van der Waals surface area (Å²) in [4.78, 5) is 11.1. The Morgan fingerprint density at radius 1 is 1.30 bits per heavy atom. The van der Waals surface area contributed by atoms with Crippen LogP contribution in [0.5, 0.6) is 0 Å². The number of hydrogen-bond donors (Lipinski definition) is 2. The number of likely N-dealkylation sites (N-methyl/N-ethyl adjacent to an activating group) is 1. The first-order chi connectivity index (χ1) is 10.8. The smallest absolute Gasteiger partial charge is 0.396 e. The Morgan fingerprint density at radius 3 is 2.61 bits per heavy atom. The first-order valence-corrected chi connectivity index (χ1v) is 7.40. The topological polar surface area (TPSA) is 72.7 Å². The van der Waals surface area contributed by atoms with E-state index < -0.39 is 11.9 Å². The molecule has 23 heavy (non-hydrogen) atoms. The minimum absolute atomic E-state index is 0.0330. The maximum Gasteiger partial charge on any atom is 0.433 e. The van der Waals surface area contributed by atoms with Gasteiger partial charge in [0.05, 0.1) is 6.61 Å². The Bertz CT molecular complexity index is 515. The van der Waals surface area contributed by atoms with Gasteiger partial charge in [0.2, 0.25) is 5.95 Å². The van der Waals surface area contributed by atoms with Gasteiger partial charge in [-0.3, -0.25) is 0 Å². The van der Waals surface area contributed by atoms with Gasteiger partial charge in [-0.2, -0.15) is 13.2 Å². The monoisotopic (exact) mass is 334 g/mol. The molecule has 1 aliphatic rings. The summed E-state index contributed by atoms with van der Waals surface area (Å²) < 4.78 is 38.3. The summed E-state index contributed by atoms with van der Waals surface area (Å²) in [6, 6.07) is 0.843. The normalized spacial score (nSPS) is 22.1. The van der Waals surface area contributed by atoms with Crippen LogP contribution in [-0.2, 0) is 6.18 Å². The molecule has 2 atom stereocenters. The maximum atomic E-state index is 12.8. The third-order valence-electron chi connectivity index (χ3n) is 4.06. The van der Waals surface area contributed by atoms with E-state index in [1.54, 1.807) is 4.90 Å². The molecule has 2 heterocycles. The lowest BCUT2D eigenvalue weighted by molar-refractivity contribution is -0.141. The summed E-state index contributed by atoms with van der Waals surface area (Å²) in [5.41, 5.74) is -0.969. The van der Waals surface area contributed by atoms with Gasteiger partial charge in [0.25, 0.3) is 0 Å². The molecule has 2 rings (SSSR count). The highest BCUT2D eigenvalue weighted by atomic mass is 19.4. The van der Waals surface area contributed by atoms with Crippen molar-refractivity contribution in [3.05, 3.63) is 18.0 Å². The molecule has 1 aliphatic heterocycles. The fourth-order valence-electron chi connectivity index (χ4n) is 2.84. The van der Waals surface area contributed by atoms with Crippen LogP contribution < -0.4 is 4.90 Å². The van der Waals surface area contributed by atoms with Crippen molar-refractivity contribution < 1.29 is 23.4 Å². The van der Waals surface area contributed by atoms with Crippen molar-refractivity contribution in [2.45, 2.75) is 6.18 Å². The molecule has 1 aromatic rings. The van der Waals surface area contributed by atoms with Gasteiger partial charge in [-0.15, -0.1) is 0 Å². The summed E-state index contributed by atoms with van der Waals surface area (Å²) in [7, 11) is 1.86. The fraction of sp³-hybridized carbons (Fsp3) is 0.714. The molecule has 0 spiro atoms. The second-order valence-corrected chi connectivity index (χ2v) is 5.83. The van der Waals surface area contributed by atoms with Crippen molar-refractivity contribution in [1.29, 1.82) is 0 Å². The molecular weight excluding hydrogens is 313 g/mol. The van der Waals surface area contributed by atoms with Gasteiger partial charge in [0.1, 0.15) is 5.69 Å². The molecular formula is C14H21F3N4O2. The molecule has 0 saturated carbocycles. The van der Waals surface area contributed by atoms with Crippen LogP contribution in [0.3, 0.4) is 0 Å². The molecule has 1 fully saturated rings. The number of rotatable bonds is 6. The number of anilines is 1. The lowest BCUT2D eigenvalue weighted by Gasteiger charge is -2.23. The Morgan fingerprint density at radius 2 is 2.00 bits per heavy atom. The molecule has 0 unspecified atom stereocenters. The Labute approximate surface area is 132 Å². The van der Waals surface area contributed by atoms with Crippen LogP contribution in [0.2, 0.25) is 0 Å². The lowest BCUT2D eigenvalue weighted by atomic mass is 9.96. The van der Waals surface area contributed by atoms with Gasteiger partial charge >= 0.3 is 6.18 Å². The predicted octanol–water partition coefficient (Wildman–Crippen LogP) is 0.464. The fourth-order valence-corrected chi connectivity index (χ4v) is 2.84. The molecule has 1 aromatic heterocycles. The molecule has 0 amide bonds. The van der Waals surface area contributed by atoms with Crippen LogP contribution in [0, 0.1) is 11.8 Å². The van der Waals surface area contributed by atoms with Crippen LogP contribution in [0.1, 0.15) is 5.69 Å². The van der Waals surface area contributed by atoms with Crippen LogP contribution in [-0.4, -0.2) is 71.5 Å². The zero-order valence-electron chi connectivity index (χ0n) is 12.9. The van der Waals surface area contributed by atoms with Gasteiger partial charge < -0.3 is 20.0 Å². The number of hydrogen-bond acceptors (Lipinski definition) is 6. The largest absolute Gasteiger partial charge is 0.433 e. The molecule has 0 bridgehead atoms. The highest BCUT2D eigenvalue weighted by Gasteiger charge is 2.36. The van der Waals surface area contributed by atoms with Gasteiger partial charge in [0, 0.05) is 44.9 Å². The third kappa shape index (κ3) is 4.52. The maximum absolute atomic E-state index is 12.8.